The summed E-state index contributed by atoms with van der Waals surface area (Å²) in [5.41, 5.74) is 9.39. The molecular weight excluding hydrogens is 390 g/mol. The van der Waals surface area contributed by atoms with Crippen LogP contribution in [0.1, 0.15) is 50.4 Å². The zero-order valence-corrected chi connectivity index (χ0v) is 17.9. The van der Waals surface area contributed by atoms with E-state index in [1.807, 2.05) is 30.3 Å². The number of hydrogen-bond donors (Lipinski definition) is 3. The Balaban J connectivity index is 1.48. The van der Waals surface area contributed by atoms with E-state index in [1.165, 1.54) is 0 Å². The quantitative estimate of drug-likeness (QED) is 0.443. The maximum atomic E-state index is 13.3. The van der Waals surface area contributed by atoms with Gasteiger partial charge in [0.05, 0.1) is 16.5 Å². The topological polar surface area (TPSA) is 89.4 Å². The van der Waals surface area contributed by atoms with Crippen LogP contribution in [0.2, 0.25) is 0 Å². The highest BCUT2D eigenvalue weighted by atomic mass is 16.7. The maximum Gasteiger partial charge on any atom is 0.235 e. The van der Waals surface area contributed by atoms with E-state index >= 15 is 0 Å². The molecule has 0 radical (unpaired) electrons. The molecule has 2 aliphatic rings. The van der Waals surface area contributed by atoms with Crippen molar-refractivity contribution in [3.8, 4) is 23.5 Å². The summed E-state index contributed by atoms with van der Waals surface area (Å²) >= 11 is 0. The number of hydrogen-bond acceptors (Lipinski definition) is 4. The molecule has 3 aromatic rings. The van der Waals surface area contributed by atoms with Crippen LogP contribution in [0, 0.1) is 12.0 Å². The highest BCUT2D eigenvalue weighted by molar-refractivity contribution is 6.03. The van der Waals surface area contributed by atoms with E-state index in [1.54, 1.807) is 0 Å². The number of aromatic amines is 1. The molecule has 1 fully saturated rings. The van der Waals surface area contributed by atoms with E-state index in [9.17, 15) is 4.79 Å². The molecule has 6 heteroatoms. The molecule has 4 N–H and O–H groups in total. The zero-order chi connectivity index (χ0) is 21.8. The van der Waals surface area contributed by atoms with Crippen LogP contribution in [0.4, 0.5) is 5.69 Å². The predicted octanol–water partition coefficient (Wildman–Crippen LogP) is 4.13. The van der Waals surface area contributed by atoms with Gasteiger partial charge in [0.2, 0.25) is 12.7 Å². The maximum absolute atomic E-state index is 13.3. The van der Waals surface area contributed by atoms with Gasteiger partial charge in [0.15, 0.2) is 11.5 Å². The Labute approximate surface area is 181 Å². The summed E-state index contributed by atoms with van der Waals surface area (Å²) in [6, 6.07) is 14.2. The van der Waals surface area contributed by atoms with Gasteiger partial charge in [-0.05, 0) is 54.7 Å². The number of amides is 1. The van der Waals surface area contributed by atoms with Gasteiger partial charge in [-0.1, -0.05) is 26.8 Å². The van der Waals surface area contributed by atoms with E-state index in [-0.39, 0.29) is 18.1 Å². The van der Waals surface area contributed by atoms with E-state index < -0.39 is 5.41 Å². The number of carbonyl (C=O) groups is 1. The van der Waals surface area contributed by atoms with Crippen molar-refractivity contribution in [2.75, 3.05) is 12.1 Å². The van der Waals surface area contributed by atoms with Crippen LogP contribution in [0.3, 0.4) is 0 Å². The molecular formula is C25H25N3O3. The van der Waals surface area contributed by atoms with Gasteiger partial charge in [-0.3, -0.25) is 4.79 Å². The van der Waals surface area contributed by atoms with Crippen molar-refractivity contribution in [3.05, 3.63) is 53.2 Å². The SMILES string of the molecule is CC(C)(C)c1cc2cc(NC(=O)C3(c4ccc5c(c4)OCO5)CC3)cc(C#CN)c2[nH]1. The molecule has 2 heterocycles. The fraction of sp³-hybridized carbons (Fsp3) is 0.320. The van der Waals surface area contributed by atoms with Crippen molar-refractivity contribution < 1.29 is 14.3 Å². The smallest absolute Gasteiger partial charge is 0.235 e. The average molecular weight is 415 g/mol. The van der Waals surface area contributed by atoms with Crippen LogP contribution >= 0.6 is 0 Å². The number of ether oxygens (including phenoxy) is 2. The van der Waals surface area contributed by atoms with Crippen LogP contribution in [0.15, 0.2) is 36.4 Å². The number of nitrogens with two attached hydrogens (primary N) is 1. The van der Waals surface area contributed by atoms with Crippen LogP contribution in [-0.4, -0.2) is 17.7 Å². The number of benzene rings is 2. The monoisotopic (exact) mass is 415 g/mol. The number of fused-ring (bicyclic) bond motifs is 2. The predicted molar refractivity (Wildman–Crippen MR) is 120 cm³/mol. The van der Waals surface area contributed by atoms with Crippen LogP contribution in [-0.2, 0) is 15.6 Å². The van der Waals surface area contributed by atoms with Gasteiger partial charge in [-0.25, -0.2) is 0 Å². The van der Waals surface area contributed by atoms with Crippen LogP contribution in [0.5, 0.6) is 11.5 Å². The molecule has 1 saturated carbocycles. The van der Waals surface area contributed by atoms with Gasteiger partial charge in [-0.2, -0.15) is 0 Å². The molecule has 31 heavy (non-hydrogen) atoms. The number of anilines is 1. The number of aromatic nitrogens is 1. The van der Waals surface area contributed by atoms with Gasteiger partial charge in [0.1, 0.15) is 0 Å². The normalized spacial score (nSPS) is 16.0. The molecule has 1 aromatic heterocycles. The minimum Gasteiger partial charge on any atom is -0.454 e. The first-order valence-corrected chi connectivity index (χ1v) is 10.4. The molecule has 1 aliphatic heterocycles. The van der Waals surface area contributed by atoms with Gasteiger partial charge < -0.3 is 25.5 Å². The molecule has 2 aromatic carbocycles. The van der Waals surface area contributed by atoms with E-state index in [4.69, 9.17) is 15.2 Å². The standard InChI is InChI=1S/C25H25N3O3/c1-24(2,3)21-12-16-11-18(10-15(6-9-26)22(16)28-21)27-23(29)25(7-8-25)17-4-5-19-20(13-17)31-14-30-19/h4-5,10-13,28H,7-8,14,26H2,1-3H3,(H,27,29). The molecule has 0 bridgehead atoms. The third-order valence-corrected chi connectivity index (χ3v) is 6.11. The summed E-state index contributed by atoms with van der Waals surface area (Å²) in [6.45, 7) is 6.67. The van der Waals surface area contributed by atoms with Crippen molar-refractivity contribution in [2.45, 2.75) is 44.4 Å². The number of H-pyrrole nitrogens is 1. The highest BCUT2D eigenvalue weighted by Crippen LogP contribution is 2.51. The molecule has 5 rings (SSSR count). The Morgan fingerprint density at radius 2 is 1.90 bits per heavy atom. The zero-order valence-electron chi connectivity index (χ0n) is 17.9. The lowest BCUT2D eigenvalue weighted by atomic mass is 9.92. The Bertz CT molecular complexity index is 1270. The van der Waals surface area contributed by atoms with Crippen molar-refractivity contribution in [1.29, 1.82) is 0 Å². The average Bonchev–Trinajstić information content (AvgIpc) is 3.18. The molecule has 0 spiro atoms. The van der Waals surface area contributed by atoms with E-state index in [2.05, 4.69) is 49.1 Å². The third kappa shape index (κ3) is 3.27. The minimum atomic E-state index is -0.537. The third-order valence-electron chi connectivity index (χ3n) is 6.11. The van der Waals surface area contributed by atoms with Gasteiger partial charge in [0, 0.05) is 28.2 Å². The number of carbonyl (C=O) groups excluding carboxylic acids is 1. The van der Waals surface area contributed by atoms with Crippen molar-refractivity contribution >= 4 is 22.5 Å². The second-order valence-electron chi connectivity index (χ2n) is 9.29. The lowest BCUT2D eigenvalue weighted by molar-refractivity contribution is -0.118. The molecule has 1 amide bonds. The summed E-state index contributed by atoms with van der Waals surface area (Å²) < 4.78 is 10.9. The second-order valence-corrected chi connectivity index (χ2v) is 9.29. The molecule has 0 atom stereocenters. The molecule has 158 valence electrons. The summed E-state index contributed by atoms with van der Waals surface area (Å²) in [4.78, 5) is 16.8. The Hall–Kier alpha value is -3.59. The van der Waals surface area contributed by atoms with Crippen molar-refractivity contribution in [1.82, 2.24) is 4.98 Å². The summed E-state index contributed by atoms with van der Waals surface area (Å²) in [6.07, 6.45) is 1.60. The fourth-order valence-electron chi connectivity index (χ4n) is 4.11. The largest absolute Gasteiger partial charge is 0.454 e. The summed E-state index contributed by atoms with van der Waals surface area (Å²) in [7, 11) is 0. The van der Waals surface area contributed by atoms with E-state index in [0.29, 0.717) is 11.4 Å². The first-order valence-electron chi connectivity index (χ1n) is 10.4. The molecule has 0 unspecified atom stereocenters. The first kappa shape index (κ1) is 19.4. The van der Waals surface area contributed by atoms with Crippen molar-refractivity contribution in [3.63, 3.8) is 0 Å². The Morgan fingerprint density at radius 1 is 1.13 bits per heavy atom. The molecule has 0 saturated heterocycles. The van der Waals surface area contributed by atoms with Gasteiger partial charge in [-0.15, -0.1) is 0 Å². The summed E-state index contributed by atoms with van der Waals surface area (Å²) in [5, 5.41) is 4.11. The first-order chi connectivity index (χ1) is 14.8. The van der Waals surface area contributed by atoms with E-state index in [0.717, 1.165) is 46.3 Å². The lowest BCUT2D eigenvalue weighted by Gasteiger charge is -2.16. The van der Waals surface area contributed by atoms with Gasteiger partial charge in [0.25, 0.3) is 0 Å². The highest BCUT2D eigenvalue weighted by Gasteiger charge is 2.51. The molecule has 1 aliphatic carbocycles. The summed E-state index contributed by atoms with van der Waals surface area (Å²) in [5.74, 6) is 4.35. The van der Waals surface area contributed by atoms with Gasteiger partial charge >= 0.3 is 0 Å². The number of nitrogens with one attached hydrogen (secondary N) is 2. The Kier molecular flexibility index (Phi) is 4.19. The van der Waals surface area contributed by atoms with Crippen LogP contribution < -0.4 is 20.5 Å². The lowest BCUT2D eigenvalue weighted by Crippen LogP contribution is -2.27. The molecule has 6 nitrogen and oxygen atoms in total. The minimum absolute atomic E-state index is 0.0241. The Morgan fingerprint density at radius 3 is 2.61 bits per heavy atom. The fourth-order valence-corrected chi connectivity index (χ4v) is 4.11. The van der Waals surface area contributed by atoms with Crippen molar-refractivity contribution in [2.24, 2.45) is 5.73 Å². The second kappa shape index (κ2) is 6.71. The number of rotatable bonds is 3. The van der Waals surface area contributed by atoms with Crippen LogP contribution in [0.25, 0.3) is 10.9 Å².